The lowest BCUT2D eigenvalue weighted by Gasteiger charge is -2.29. The number of morpholine rings is 1. The number of urea groups is 1. The Kier molecular flexibility index (Phi) is 5.85. The van der Waals surface area contributed by atoms with Crippen LogP contribution in [-0.2, 0) is 17.8 Å². The van der Waals surface area contributed by atoms with Gasteiger partial charge in [0.2, 0.25) is 0 Å². The summed E-state index contributed by atoms with van der Waals surface area (Å²) in [5.74, 6) is 0.928. The molecular weight excluding hydrogens is 316 g/mol. The second-order valence-electron chi connectivity index (χ2n) is 6.09. The summed E-state index contributed by atoms with van der Waals surface area (Å²) >= 11 is 0. The van der Waals surface area contributed by atoms with E-state index in [4.69, 9.17) is 4.74 Å². The van der Waals surface area contributed by atoms with Crippen molar-refractivity contribution in [2.75, 3.05) is 38.3 Å². The fourth-order valence-electron chi connectivity index (χ4n) is 2.86. The van der Waals surface area contributed by atoms with E-state index in [9.17, 15) is 4.79 Å². The van der Waals surface area contributed by atoms with E-state index in [-0.39, 0.29) is 6.03 Å². The van der Waals surface area contributed by atoms with Crippen LogP contribution in [0.3, 0.4) is 0 Å². The highest BCUT2D eigenvalue weighted by Crippen LogP contribution is 2.18. The predicted molar refractivity (Wildman–Crippen MR) is 97.4 cm³/mol. The Balaban J connectivity index is 1.58. The van der Waals surface area contributed by atoms with Crippen LogP contribution in [0.4, 0.5) is 10.6 Å². The number of hydrogen-bond donors (Lipinski definition) is 1. The number of pyridine rings is 1. The summed E-state index contributed by atoms with van der Waals surface area (Å²) in [5, 5.41) is 2.99. The van der Waals surface area contributed by atoms with Crippen molar-refractivity contribution in [2.24, 2.45) is 0 Å². The molecule has 2 aromatic rings. The molecule has 0 atom stereocenters. The molecule has 1 saturated heterocycles. The molecule has 1 fully saturated rings. The van der Waals surface area contributed by atoms with Crippen LogP contribution in [0.1, 0.15) is 11.1 Å². The Morgan fingerprint density at radius 2 is 1.96 bits per heavy atom. The van der Waals surface area contributed by atoms with Gasteiger partial charge in [0.15, 0.2) is 0 Å². The van der Waals surface area contributed by atoms with Crippen LogP contribution in [0, 0.1) is 0 Å². The number of nitrogens with zero attached hydrogens (tertiary/aromatic N) is 3. The van der Waals surface area contributed by atoms with Crippen molar-refractivity contribution >= 4 is 11.8 Å². The molecule has 2 heterocycles. The third-order valence-electron chi connectivity index (χ3n) is 4.22. The maximum Gasteiger partial charge on any atom is 0.317 e. The molecule has 1 aliphatic heterocycles. The second kappa shape index (κ2) is 8.48. The van der Waals surface area contributed by atoms with E-state index in [0.717, 1.165) is 30.0 Å². The quantitative estimate of drug-likeness (QED) is 0.907. The molecule has 2 amide bonds. The smallest absolute Gasteiger partial charge is 0.317 e. The lowest BCUT2D eigenvalue weighted by molar-refractivity contribution is 0.122. The lowest BCUT2D eigenvalue weighted by atomic mass is 10.2. The van der Waals surface area contributed by atoms with Gasteiger partial charge >= 0.3 is 6.03 Å². The molecule has 0 aliphatic carbocycles. The Bertz CT molecular complexity index is 687. The van der Waals surface area contributed by atoms with Gasteiger partial charge in [-0.3, -0.25) is 0 Å². The van der Waals surface area contributed by atoms with Gasteiger partial charge in [0.25, 0.3) is 0 Å². The summed E-state index contributed by atoms with van der Waals surface area (Å²) in [5.41, 5.74) is 2.13. The lowest BCUT2D eigenvalue weighted by Crippen LogP contribution is -2.39. The largest absolute Gasteiger partial charge is 0.378 e. The number of anilines is 1. The highest BCUT2D eigenvalue weighted by Gasteiger charge is 2.16. The van der Waals surface area contributed by atoms with Crippen molar-refractivity contribution in [3.63, 3.8) is 0 Å². The molecule has 6 heteroatoms. The van der Waals surface area contributed by atoms with Crippen LogP contribution < -0.4 is 10.2 Å². The molecule has 0 spiro atoms. The molecule has 1 aromatic carbocycles. The number of aromatic nitrogens is 1. The molecule has 0 bridgehead atoms. The zero-order valence-corrected chi connectivity index (χ0v) is 14.5. The number of ether oxygens (including phenoxy) is 1. The van der Waals surface area contributed by atoms with E-state index in [0.29, 0.717) is 26.3 Å². The molecule has 0 saturated carbocycles. The van der Waals surface area contributed by atoms with E-state index in [1.807, 2.05) is 42.5 Å². The molecule has 25 heavy (non-hydrogen) atoms. The first-order valence-electron chi connectivity index (χ1n) is 8.53. The van der Waals surface area contributed by atoms with Crippen molar-refractivity contribution in [3.05, 3.63) is 59.8 Å². The van der Waals surface area contributed by atoms with Crippen LogP contribution in [0.15, 0.2) is 48.7 Å². The van der Waals surface area contributed by atoms with Crippen molar-refractivity contribution in [3.8, 4) is 0 Å². The van der Waals surface area contributed by atoms with Crippen LogP contribution in [0.25, 0.3) is 0 Å². The summed E-state index contributed by atoms with van der Waals surface area (Å²) < 4.78 is 5.40. The number of carbonyl (C=O) groups is 1. The van der Waals surface area contributed by atoms with Gasteiger partial charge in [-0.1, -0.05) is 36.4 Å². The van der Waals surface area contributed by atoms with Crippen LogP contribution in [0.5, 0.6) is 0 Å². The van der Waals surface area contributed by atoms with Crippen LogP contribution in [0.2, 0.25) is 0 Å². The fourth-order valence-corrected chi connectivity index (χ4v) is 2.86. The van der Waals surface area contributed by atoms with E-state index in [1.165, 1.54) is 0 Å². The maximum absolute atomic E-state index is 12.4. The molecule has 132 valence electrons. The highest BCUT2D eigenvalue weighted by atomic mass is 16.5. The third kappa shape index (κ3) is 4.70. The summed E-state index contributed by atoms with van der Waals surface area (Å²) in [7, 11) is 1.80. The van der Waals surface area contributed by atoms with Gasteiger partial charge in [-0.15, -0.1) is 0 Å². The number of rotatable bonds is 5. The first-order chi connectivity index (χ1) is 12.2. The number of nitrogens with one attached hydrogen (secondary N) is 1. The van der Waals surface area contributed by atoms with Crippen molar-refractivity contribution in [2.45, 2.75) is 13.1 Å². The number of carbonyl (C=O) groups excluding carboxylic acids is 1. The first-order valence-corrected chi connectivity index (χ1v) is 8.53. The highest BCUT2D eigenvalue weighted by molar-refractivity contribution is 5.74. The molecule has 0 unspecified atom stereocenters. The number of amides is 2. The van der Waals surface area contributed by atoms with Crippen LogP contribution in [-0.4, -0.2) is 49.3 Å². The minimum Gasteiger partial charge on any atom is -0.378 e. The SMILES string of the molecule is CN(Cc1ccccc1)C(=O)NCc1cccnc1N1CCOCC1. The monoisotopic (exact) mass is 340 g/mol. The summed E-state index contributed by atoms with van der Waals surface area (Å²) in [6, 6.07) is 13.8. The van der Waals surface area contributed by atoms with E-state index in [2.05, 4.69) is 15.2 Å². The molecular formula is C19H24N4O2. The van der Waals surface area contributed by atoms with Gasteiger partial charge in [-0.25, -0.2) is 9.78 Å². The van der Waals surface area contributed by atoms with Gasteiger partial charge in [-0.05, 0) is 11.6 Å². The summed E-state index contributed by atoms with van der Waals surface area (Å²) in [6.45, 7) is 4.11. The zero-order valence-electron chi connectivity index (χ0n) is 14.5. The molecule has 3 rings (SSSR count). The predicted octanol–water partition coefficient (Wildman–Crippen LogP) is 2.26. The van der Waals surface area contributed by atoms with Gasteiger partial charge in [-0.2, -0.15) is 0 Å². The zero-order chi connectivity index (χ0) is 17.5. The van der Waals surface area contributed by atoms with Crippen LogP contribution >= 0.6 is 0 Å². The Morgan fingerprint density at radius 3 is 2.72 bits per heavy atom. The molecule has 1 N–H and O–H groups in total. The number of benzene rings is 1. The molecule has 1 aromatic heterocycles. The van der Waals surface area contributed by atoms with Gasteiger partial charge < -0.3 is 19.9 Å². The van der Waals surface area contributed by atoms with Crippen molar-refractivity contribution in [1.29, 1.82) is 0 Å². The minimum atomic E-state index is -0.0966. The fraction of sp³-hybridized carbons (Fsp3) is 0.368. The maximum atomic E-state index is 12.4. The molecule has 0 radical (unpaired) electrons. The Labute approximate surface area is 148 Å². The van der Waals surface area contributed by atoms with Gasteiger partial charge in [0.05, 0.1) is 13.2 Å². The Morgan fingerprint density at radius 1 is 1.20 bits per heavy atom. The van der Waals surface area contributed by atoms with Crippen molar-refractivity contribution in [1.82, 2.24) is 15.2 Å². The van der Waals surface area contributed by atoms with E-state index in [1.54, 1.807) is 18.1 Å². The van der Waals surface area contributed by atoms with Crippen molar-refractivity contribution < 1.29 is 9.53 Å². The average molecular weight is 340 g/mol. The third-order valence-corrected chi connectivity index (χ3v) is 4.22. The second-order valence-corrected chi connectivity index (χ2v) is 6.09. The van der Waals surface area contributed by atoms with E-state index < -0.39 is 0 Å². The topological polar surface area (TPSA) is 57.7 Å². The summed E-state index contributed by atoms with van der Waals surface area (Å²) in [6.07, 6.45) is 1.79. The first kappa shape index (κ1) is 17.2. The van der Waals surface area contributed by atoms with Gasteiger partial charge in [0.1, 0.15) is 5.82 Å². The molecule has 1 aliphatic rings. The minimum absolute atomic E-state index is 0.0966. The summed E-state index contributed by atoms with van der Waals surface area (Å²) in [4.78, 5) is 20.8. The standard InChI is InChI=1S/C19H24N4O2/c1-22(15-16-6-3-2-4-7-16)19(24)21-14-17-8-5-9-20-18(17)23-10-12-25-13-11-23/h2-9H,10-15H2,1H3,(H,21,24). The van der Waals surface area contributed by atoms with E-state index >= 15 is 0 Å². The normalized spacial score (nSPS) is 14.2. The average Bonchev–Trinajstić information content (AvgIpc) is 2.68. The van der Waals surface area contributed by atoms with Gasteiger partial charge in [0, 0.05) is 45.0 Å². The Hall–Kier alpha value is -2.60. The molecule has 6 nitrogen and oxygen atoms in total. The number of hydrogen-bond acceptors (Lipinski definition) is 4.